The first-order valence-electron chi connectivity index (χ1n) is 12.9. The Kier molecular flexibility index (Phi) is 7.23. The Morgan fingerprint density at radius 3 is 2.74 bits per heavy atom. The third-order valence-corrected chi connectivity index (χ3v) is 7.75. The summed E-state index contributed by atoms with van der Waals surface area (Å²) in [4.78, 5) is 31.1. The average Bonchev–Trinajstić information content (AvgIpc) is 3.26. The van der Waals surface area contributed by atoms with Gasteiger partial charge < -0.3 is 19.1 Å². The number of hydrogen-bond acceptors (Lipinski definition) is 5. The number of rotatable bonds is 6. The van der Waals surface area contributed by atoms with E-state index in [4.69, 9.17) is 9.72 Å². The van der Waals surface area contributed by atoms with Crippen molar-refractivity contribution in [2.24, 2.45) is 5.92 Å². The zero-order chi connectivity index (χ0) is 27.0. The number of anilines is 1. The van der Waals surface area contributed by atoms with Gasteiger partial charge in [-0.15, -0.1) is 0 Å². The summed E-state index contributed by atoms with van der Waals surface area (Å²) in [6, 6.07) is 10.3. The van der Waals surface area contributed by atoms with E-state index in [1.807, 2.05) is 25.1 Å². The van der Waals surface area contributed by atoms with Crippen molar-refractivity contribution >= 4 is 28.8 Å². The number of benzene rings is 2. The summed E-state index contributed by atoms with van der Waals surface area (Å²) in [5.74, 6) is -0.432. The van der Waals surface area contributed by atoms with E-state index in [2.05, 4.69) is 9.30 Å². The van der Waals surface area contributed by atoms with E-state index < -0.39 is 24.6 Å². The van der Waals surface area contributed by atoms with Crippen molar-refractivity contribution in [3.63, 3.8) is 0 Å². The molecule has 0 saturated heterocycles. The number of carboxylic acids is 1. The lowest BCUT2D eigenvalue weighted by Gasteiger charge is -2.34. The van der Waals surface area contributed by atoms with Gasteiger partial charge in [-0.2, -0.15) is 8.78 Å². The number of fused-ring (bicyclic) bond motifs is 3. The lowest BCUT2D eigenvalue weighted by molar-refractivity contribution is -0.143. The highest BCUT2D eigenvalue weighted by Crippen LogP contribution is 2.41. The first-order valence-corrected chi connectivity index (χ1v) is 12.9. The highest BCUT2D eigenvalue weighted by atomic mass is 19.3. The summed E-state index contributed by atoms with van der Waals surface area (Å²) in [6.45, 7) is -0.937. The highest BCUT2D eigenvalue weighted by Gasteiger charge is 2.34. The highest BCUT2D eigenvalue weighted by molar-refractivity contribution is 5.95. The SMILES string of the molecule is COC(=O)N1c2ccc3c(nc(Cc4cccc(OC(F)F)c4)n3[C@@H]3CCC[C@@H](C(=O)O)C3)c2CC[C@@H]1C. The van der Waals surface area contributed by atoms with Crippen LogP contribution in [0.5, 0.6) is 5.75 Å². The fraction of sp³-hybridized carbons (Fsp3) is 0.464. The third kappa shape index (κ3) is 4.91. The van der Waals surface area contributed by atoms with Crippen molar-refractivity contribution in [2.45, 2.75) is 70.6 Å². The van der Waals surface area contributed by atoms with Crippen LogP contribution in [0.4, 0.5) is 19.3 Å². The van der Waals surface area contributed by atoms with E-state index in [1.165, 1.54) is 13.2 Å². The molecule has 5 rings (SSSR count). The van der Waals surface area contributed by atoms with Crippen LogP contribution in [0.3, 0.4) is 0 Å². The molecule has 1 aliphatic carbocycles. The predicted molar refractivity (Wildman–Crippen MR) is 137 cm³/mol. The van der Waals surface area contributed by atoms with Crippen LogP contribution >= 0.6 is 0 Å². The molecular formula is C28H31F2N3O5. The van der Waals surface area contributed by atoms with Gasteiger partial charge >= 0.3 is 18.7 Å². The van der Waals surface area contributed by atoms with Crippen molar-refractivity contribution in [3.05, 3.63) is 53.3 Å². The minimum atomic E-state index is -2.92. The Balaban J connectivity index is 1.62. The normalized spacial score (nSPS) is 21.4. The van der Waals surface area contributed by atoms with E-state index in [1.54, 1.807) is 17.0 Å². The fourth-order valence-electron chi connectivity index (χ4n) is 5.99. The van der Waals surface area contributed by atoms with Crippen molar-refractivity contribution < 1.29 is 33.0 Å². The molecule has 3 atom stereocenters. The number of amides is 1. The fourth-order valence-corrected chi connectivity index (χ4v) is 5.99. The maximum absolute atomic E-state index is 12.8. The Morgan fingerprint density at radius 1 is 1.18 bits per heavy atom. The lowest BCUT2D eigenvalue weighted by Crippen LogP contribution is -2.42. The summed E-state index contributed by atoms with van der Waals surface area (Å²) >= 11 is 0. The molecule has 0 radical (unpaired) electrons. The molecule has 38 heavy (non-hydrogen) atoms. The predicted octanol–water partition coefficient (Wildman–Crippen LogP) is 5.95. The molecular weight excluding hydrogens is 496 g/mol. The molecule has 1 fully saturated rings. The van der Waals surface area contributed by atoms with Crippen LogP contribution in [0.25, 0.3) is 11.0 Å². The standard InChI is InChI=1S/C28H31F2N3O5/c1-16-9-10-21-22(32(16)28(36)37-2)11-12-23-25(21)31-24(14-17-5-3-8-20(13-17)38-27(29)30)33(23)19-7-4-6-18(15-19)26(34)35/h3,5,8,11-13,16,18-19,27H,4,6-7,9-10,14-15H2,1-2H3,(H,34,35)/t16-,18+,19+/m0/s1. The van der Waals surface area contributed by atoms with Gasteiger partial charge in [0.05, 0.1) is 29.7 Å². The molecule has 3 aromatic rings. The number of ether oxygens (including phenoxy) is 2. The zero-order valence-electron chi connectivity index (χ0n) is 21.4. The maximum Gasteiger partial charge on any atom is 0.414 e. The second-order valence-corrected chi connectivity index (χ2v) is 10.1. The topological polar surface area (TPSA) is 93.9 Å². The number of carbonyl (C=O) groups excluding carboxylic acids is 1. The van der Waals surface area contributed by atoms with Gasteiger partial charge in [-0.3, -0.25) is 9.69 Å². The first-order chi connectivity index (χ1) is 18.3. The first kappa shape index (κ1) is 25.9. The largest absolute Gasteiger partial charge is 0.481 e. The maximum atomic E-state index is 12.8. The second-order valence-electron chi connectivity index (χ2n) is 10.1. The van der Waals surface area contributed by atoms with E-state index in [9.17, 15) is 23.5 Å². The number of halogens is 2. The Bertz CT molecular complexity index is 1360. The molecule has 2 aromatic carbocycles. The number of aromatic nitrogens is 2. The summed E-state index contributed by atoms with van der Waals surface area (Å²) in [6.07, 6.45) is 4.15. The molecule has 2 heterocycles. The van der Waals surface area contributed by atoms with E-state index >= 15 is 0 Å². The molecule has 10 heteroatoms. The Hall–Kier alpha value is -3.69. The van der Waals surface area contributed by atoms with Crippen LogP contribution in [-0.4, -0.2) is 46.5 Å². The summed E-state index contributed by atoms with van der Waals surface area (Å²) in [7, 11) is 1.36. The van der Waals surface area contributed by atoms with Crippen molar-refractivity contribution in [1.82, 2.24) is 9.55 Å². The third-order valence-electron chi connectivity index (χ3n) is 7.75. The van der Waals surface area contributed by atoms with Gasteiger partial charge in [-0.1, -0.05) is 18.6 Å². The smallest absolute Gasteiger partial charge is 0.414 e. The molecule has 2 aliphatic rings. The number of alkyl halides is 2. The van der Waals surface area contributed by atoms with Crippen LogP contribution < -0.4 is 9.64 Å². The average molecular weight is 528 g/mol. The Labute approximate surface area is 219 Å². The van der Waals surface area contributed by atoms with Gasteiger partial charge in [0.1, 0.15) is 11.6 Å². The van der Waals surface area contributed by atoms with E-state index in [-0.39, 0.29) is 17.8 Å². The number of carboxylic acid groups (broad SMARTS) is 1. The Morgan fingerprint density at radius 2 is 2.00 bits per heavy atom. The lowest BCUT2D eigenvalue weighted by atomic mass is 9.85. The van der Waals surface area contributed by atoms with E-state index in [0.29, 0.717) is 19.3 Å². The summed E-state index contributed by atoms with van der Waals surface area (Å²) < 4.78 is 37.4. The number of methoxy groups -OCH3 is 1. The van der Waals surface area contributed by atoms with Crippen molar-refractivity contribution in [2.75, 3.05) is 12.0 Å². The van der Waals surface area contributed by atoms with Crippen LogP contribution in [-0.2, 0) is 22.4 Å². The number of aryl methyl sites for hydroxylation is 1. The van der Waals surface area contributed by atoms with Crippen molar-refractivity contribution in [3.8, 4) is 5.75 Å². The van der Waals surface area contributed by atoms with Crippen LogP contribution in [0.2, 0.25) is 0 Å². The van der Waals surface area contributed by atoms with Crippen LogP contribution in [0.1, 0.15) is 62.0 Å². The molecule has 1 amide bonds. The van der Waals surface area contributed by atoms with Gasteiger partial charge in [-0.05, 0) is 68.9 Å². The molecule has 202 valence electrons. The van der Waals surface area contributed by atoms with Gasteiger partial charge in [0.15, 0.2) is 0 Å². The monoisotopic (exact) mass is 527 g/mol. The van der Waals surface area contributed by atoms with Crippen molar-refractivity contribution in [1.29, 1.82) is 0 Å². The van der Waals surface area contributed by atoms with Crippen LogP contribution in [0, 0.1) is 5.92 Å². The molecule has 0 unspecified atom stereocenters. The molecule has 1 saturated carbocycles. The number of nitrogens with zero attached hydrogens (tertiary/aromatic N) is 3. The number of hydrogen-bond donors (Lipinski definition) is 1. The van der Waals surface area contributed by atoms with Crippen LogP contribution in [0.15, 0.2) is 36.4 Å². The van der Waals surface area contributed by atoms with Gasteiger partial charge in [-0.25, -0.2) is 9.78 Å². The number of carbonyl (C=O) groups is 2. The minimum absolute atomic E-state index is 0.0267. The summed E-state index contributed by atoms with van der Waals surface area (Å²) in [5.41, 5.74) is 4.12. The number of aliphatic carboxylic acids is 1. The molecule has 1 aliphatic heterocycles. The number of imidazole rings is 1. The van der Waals surface area contributed by atoms with E-state index in [0.717, 1.165) is 59.4 Å². The quantitative estimate of drug-likeness (QED) is 0.426. The molecule has 1 N–H and O–H groups in total. The summed E-state index contributed by atoms with van der Waals surface area (Å²) in [5, 5.41) is 9.71. The molecule has 0 bridgehead atoms. The zero-order valence-corrected chi connectivity index (χ0v) is 21.4. The molecule has 8 nitrogen and oxygen atoms in total. The van der Waals surface area contributed by atoms with Gasteiger partial charge in [0.25, 0.3) is 0 Å². The molecule has 0 spiro atoms. The van der Waals surface area contributed by atoms with Gasteiger partial charge in [0, 0.05) is 24.1 Å². The second kappa shape index (κ2) is 10.6. The molecule has 1 aromatic heterocycles. The minimum Gasteiger partial charge on any atom is -0.481 e. The van der Waals surface area contributed by atoms with Gasteiger partial charge in [0.2, 0.25) is 0 Å².